The number of allylic oxidation sites excluding steroid dienone is 1. The van der Waals surface area contributed by atoms with Crippen LogP contribution in [0.4, 0.5) is 5.69 Å². The van der Waals surface area contributed by atoms with Crippen molar-refractivity contribution in [3.8, 4) is 24.0 Å². The molecule has 5 heteroatoms. The smallest absolute Gasteiger partial charge is 0.145 e. The molecular formula is C13H10N4O. The Labute approximate surface area is 105 Å². The molecule has 0 saturated carbocycles. The molecule has 0 atom stereocenters. The zero-order chi connectivity index (χ0) is 13.5. The number of hydrogen-bond donors (Lipinski definition) is 1. The number of hydrogen-bond acceptors (Lipinski definition) is 5. The maximum absolute atomic E-state index is 9.00. The summed E-state index contributed by atoms with van der Waals surface area (Å²) < 4.78 is 5.14. The van der Waals surface area contributed by atoms with Gasteiger partial charge in [0.2, 0.25) is 0 Å². The number of benzene rings is 1. The Bertz CT molecular complexity index is 596. The lowest BCUT2D eigenvalue weighted by atomic mass is 10.1. The fourth-order valence-corrected chi connectivity index (χ4v) is 1.43. The monoisotopic (exact) mass is 238 g/mol. The third-order valence-corrected chi connectivity index (χ3v) is 2.36. The number of methoxy groups -OCH3 is 1. The second kappa shape index (κ2) is 5.94. The van der Waals surface area contributed by atoms with Crippen LogP contribution in [0.2, 0.25) is 0 Å². The summed E-state index contributed by atoms with van der Waals surface area (Å²) in [6.45, 7) is 1.79. The first-order chi connectivity index (χ1) is 8.67. The highest BCUT2D eigenvalue weighted by atomic mass is 16.5. The highest BCUT2D eigenvalue weighted by Crippen LogP contribution is 2.28. The van der Waals surface area contributed by atoms with E-state index in [1.165, 1.54) is 13.3 Å². The lowest BCUT2D eigenvalue weighted by molar-refractivity contribution is 0.412. The van der Waals surface area contributed by atoms with Crippen molar-refractivity contribution in [3.05, 3.63) is 35.0 Å². The summed E-state index contributed by atoms with van der Waals surface area (Å²) in [5, 5.41) is 29.1. The van der Waals surface area contributed by atoms with Gasteiger partial charge in [0.25, 0.3) is 0 Å². The molecule has 0 heterocycles. The summed E-state index contributed by atoms with van der Waals surface area (Å²) >= 11 is 0. The summed E-state index contributed by atoms with van der Waals surface area (Å²) in [6, 6.07) is 8.80. The zero-order valence-electron chi connectivity index (χ0n) is 9.98. The Morgan fingerprint density at radius 1 is 1.28 bits per heavy atom. The Hall–Kier alpha value is -2.97. The molecule has 1 aromatic rings. The van der Waals surface area contributed by atoms with Gasteiger partial charge in [-0.1, -0.05) is 0 Å². The van der Waals surface area contributed by atoms with Crippen LogP contribution in [0.1, 0.15) is 11.1 Å². The normalized spacial score (nSPS) is 8.39. The van der Waals surface area contributed by atoms with Crippen molar-refractivity contribution in [2.45, 2.75) is 6.92 Å². The van der Waals surface area contributed by atoms with Gasteiger partial charge in [0, 0.05) is 11.8 Å². The van der Waals surface area contributed by atoms with Crippen LogP contribution in [0.3, 0.4) is 0 Å². The average Bonchev–Trinajstić information content (AvgIpc) is 2.41. The van der Waals surface area contributed by atoms with Gasteiger partial charge < -0.3 is 10.1 Å². The van der Waals surface area contributed by atoms with Crippen LogP contribution in [0.5, 0.6) is 5.75 Å². The van der Waals surface area contributed by atoms with E-state index in [1.807, 2.05) is 6.07 Å². The van der Waals surface area contributed by atoms with E-state index in [0.717, 1.165) is 5.56 Å². The molecule has 18 heavy (non-hydrogen) atoms. The van der Waals surface area contributed by atoms with E-state index < -0.39 is 0 Å². The second-order valence-corrected chi connectivity index (χ2v) is 3.35. The maximum Gasteiger partial charge on any atom is 0.145 e. The molecule has 88 valence electrons. The number of nitrogens with one attached hydrogen (secondary N) is 1. The van der Waals surface area contributed by atoms with Crippen LogP contribution < -0.4 is 10.1 Å². The van der Waals surface area contributed by atoms with Gasteiger partial charge in [0.05, 0.1) is 18.4 Å². The van der Waals surface area contributed by atoms with E-state index >= 15 is 0 Å². The fraction of sp³-hybridized carbons (Fsp3) is 0.154. The highest BCUT2D eigenvalue weighted by Gasteiger charge is 2.09. The molecule has 1 N–H and O–H groups in total. The first kappa shape index (κ1) is 13.1. The number of nitriles is 3. The third-order valence-electron chi connectivity index (χ3n) is 2.36. The van der Waals surface area contributed by atoms with Gasteiger partial charge in [-0.25, -0.2) is 0 Å². The Kier molecular flexibility index (Phi) is 4.32. The first-order valence-electron chi connectivity index (χ1n) is 5.02. The Balaban J connectivity index is 3.24. The molecule has 0 aliphatic heterocycles. The van der Waals surface area contributed by atoms with Crippen LogP contribution in [0.15, 0.2) is 23.9 Å². The van der Waals surface area contributed by atoms with Gasteiger partial charge in [0.1, 0.15) is 29.5 Å². The molecule has 0 aromatic heterocycles. The predicted molar refractivity (Wildman–Crippen MR) is 65.4 cm³/mol. The van der Waals surface area contributed by atoms with Crippen LogP contribution in [0.25, 0.3) is 0 Å². The molecule has 0 unspecified atom stereocenters. The summed E-state index contributed by atoms with van der Waals surface area (Å²) in [4.78, 5) is 0. The number of anilines is 1. The van der Waals surface area contributed by atoms with Crippen molar-refractivity contribution < 1.29 is 4.74 Å². The molecule has 1 rings (SSSR count). The van der Waals surface area contributed by atoms with Gasteiger partial charge in [-0.2, -0.15) is 15.8 Å². The SMILES string of the molecule is COc1ccc(C#N)c(NC=C(C#N)C#N)c1C. The molecule has 0 saturated heterocycles. The molecule has 0 spiro atoms. The van der Waals surface area contributed by atoms with Gasteiger partial charge >= 0.3 is 0 Å². The summed E-state index contributed by atoms with van der Waals surface area (Å²) in [5.74, 6) is 0.625. The Morgan fingerprint density at radius 2 is 1.94 bits per heavy atom. The average molecular weight is 238 g/mol. The highest BCUT2D eigenvalue weighted by molar-refractivity contribution is 5.68. The molecule has 0 aliphatic carbocycles. The molecule has 0 radical (unpaired) electrons. The van der Waals surface area contributed by atoms with Crippen molar-refractivity contribution >= 4 is 5.69 Å². The number of rotatable bonds is 3. The standard InChI is InChI=1S/C13H10N4O/c1-9-12(18-2)4-3-11(7-16)13(9)17-8-10(5-14)6-15/h3-4,8,17H,1-2H3. The van der Waals surface area contributed by atoms with Crippen molar-refractivity contribution in [2.24, 2.45) is 0 Å². The van der Waals surface area contributed by atoms with Crippen LogP contribution >= 0.6 is 0 Å². The fourth-order valence-electron chi connectivity index (χ4n) is 1.43. The van der Waals surface area contributed by atoms with Crippen LogP contribution in [0, 0.1) is 40.9 Å². The van der Waals surface area contributed by atoms with E-state index in [-0.39, 0.29) is 5.57 Å². The lowest BCUT2D eigenvalue weighted by Crippen LogP contribution is -1.98. The van der Waals surface area contributed by atoms with Crippen LogP contribution in [-0.2, 0) is 0 Å². The van der Waals surface area contributed by atoms with Gasteiger partial charge in [-0.15, -0.1) is 0 Å². The van der Waals surface area contributed by atoms with Crippen LogP contribution in [-0.4, -0.2) is 7.11 Å². The van der Waals surface area contributed by atoms with E-state index in [9.17, 15) is 0 Å². The van der Waals surface area contributed by atoms with Crippen molar-refractivity contribution in [1.82, 2.24) is 0 Å². The van der Waals surface area contributed by atoms with Gasteiger partial charge in [-0.3, -0.25) is 0 Å². The second-order valence-electron chi connectivity index (χ2n) is 3.35. The molecule has 5 nitrogen and oxygen atoms in total. The maximum atomic E-state index is 9.00. The summed E-state index contributed by atoms with van der Waals surface area (Å²) in [6.07, 6.45) is 1.27. The molecule has 0 aliphatic rings. The molecular weight excluding hydrogens is 228 g/mol. The first-order valence-corrected chi connectivity index (χ1v) is 5.02. The minimum absolute atomic E-state index is 0.0684. The largest absolute Gasteiger partial charge is 0.496 e. The van der Waals surface area contributed by atoms with Crippen molar-refractivity contribution in [1.29, 1.82) is 15.8 Å². The van der Waals surface area contributed by atoms with E-state index in [4.69, 9.17) is 20.5 Å². The topological polar surface area (TPSA) is 92.6 Å². The Morgan fingerprint density at radius 3 is 2.44 bits per heavy atom. The predicted octanol–water partition coefficient (Wildman–Crippen LogP) is 2.22. The van der Waals surface area contributed by atoms with E-state index in [1.54, 1.807) is 31.2 Å². The molecule has 1 aromatic carbocycles. The number of nitrogens with zero attached hydrogens (tertiary/aromatic N) is 3. The lowest BCUT2D eigenvalue weighted by Gasteiger charge is -2.11. The molecule has 0 amide bonds. The van der Waals surface area contributed by atoms with Crippen molar-refractivity contribution in [2.75, 3.05) is 12.4 Å². The number of ether oxygens (including phenoxy) is 1. The van der Waals surface area contributed by atoms with Crippen molar-refractivity contribution in [3.63, 3.8) is 0 Å². The minimum Gasteiger partial charge on any atom is -0.496 e. The third kappa shape index (κ3) is 2.58. The zero-order valence-corrected chi connectivity index (χ0v) is 9.98. The molecule has 0 bridgehead atoms. The summed E-state index contributed by atoms with van der Waals surface area (Å²) in [7, 11) is 1.53. The summed E-state index contributed by atoms with van der Waals surface area (Å²) in [5.41, 5.74) is 1.61. The van der Waals surface area contributed by atoms with E-state index in [0.29, 0.717) is 17.0 Å². The van der Waals surface area contributed by atoms with Gasteiger partial charge in [0.15, 0.2) is 0 Å². The van der Waals surface area contributed by atoms with Gasteiger partial charge in [-0.05, 0) is 19.1 Å². The van der Waals surface area contributed by atoms with E-state index in [2.05, 4.69) is 5.32 Å². The molecule has 0 fully saturated rings. The minimum atomic E-state index is -0.0684. The quantitative estimate of drug-likeness (QED) is 0.815.